The molecule has 7 heteroatoms. The van der Waals surface area contributed by atoms with E-state index in [-0.39, 0.29) is 22.3 Å². The molecule has 3 rings (SSSR count). The van der Waals surface area contributed by atoms with E-state index in [0.717, 1.165) is 17.0 Å². The molecule has 0 aliphatic carbocycles. The number of hydrogen-bond donors (Lipinski definition) is 1. The highest BCUT2D eigenvalue weighted by atomic mass is 32.2. The standard InChI is InChI=1S/C19H27N3O3S/c1-11-7-14(12(2)21-26(24)19(3,4)5)16-15(8-11)18(23)22(6)17(20-16)13-9-25-10-13/h7-8,12-13,21H,9-10H2,1-6H3. The van der Waals surface area contributed by atoms with Gasteiger partial charge >= 0.3 is 0 Å². The fourth-order valence-corrected chi connectivity index (χ4v) is 3.85. The smallest absolute Gasteiger partial charge is 0.261 e. The Morgan fingerprint density at radius 1 is 1.38 bits per heavy atom. The largest absolute Gasteiger partial charge is 0.598 e. The van der Waals surface area contributed by atoms with Gasteiger partial charge in [-0.25, -0.2) is 4.98 Å². The molecule has 1 fully saturated rings. The predicted molar refractivity (Wildman–Crippen MR) is 105 cm³/mol. The molecule has 6 nitrogen and oxygen atoms in total. The van der Waals surface area contributed by atoms with Gasteiger partial charge in [0, 0.05) is 24.0 Å². The molecule has 2 unspecified atom stereocenters. The Bertz CT molecular complexity index is 884. The third-order valence-electron chi connectivity index (χ3n) is 4.70. The number of nitrogens with one attached hydrogen (secondary N) is 1. The van der Waals surface area contributed by atoms with E-state index in [9.17, 15) is 9.35 Å². The predicted octanol–water partition coefficient (Wildman–Crippen LogP) is 2.47. The molecule has 0 spiro atoms. The van der Waals surface area contributed by atoms with Crippen molar-refractivity contribution in [3.05, 3.63) is 39.4 Å². The van der Waals surface area contributed by atoms with Gasteiger partial charge in [0.2, 0.25) is 0 Å². The lowest BCUT2D eigenvalue weighted by Crippen LogP contribution is -2.40. The van der Waals surface area contributed by atoms with E-state index in [0.29, 0.717) is 24.1 Å². The van der Waals surface area contributed by atoms with E-state index in [1.165, 1.54) is 0 Å². The van der Waals surface area contributed by atoms with Gasteiger partial charge in [0.15, 0.2) is 0 Å². The van der Waals surface area contributed by atoms with Crippen molar-refractivity contribution in [2.24, 2.45) is 7.05 Å². The SMILES string of the molecule is Cc1cc(C(C)N[S+]([O-])C(C)(C)C)c2nc(C3COC3)n(C)c(=O)c2c1. The van der Waals surface area contributed by atoms with Gasteiger partial charge in [-0.1, -0.05) is 6.07 Å². The number of fused-ring (bicyclic) bond motifs is 1. The van der Waals surface area contributed by atoms with Crippen LogP contribution in [0.5, 0.6) is 0 Å². The summed E-state index contributed by atoms with van der Waals surface area (Å²) in [4.78, 5) is 17.7. The molecule has 0 saturated carbocycles. The lowest BCUT2D eigenvalue weighted by molar-refractivity contribution is 0.00340. The van der Waals surface area contributed by atoms with Gasteiger partial charge < -0.3 is 9.29 Å². The summed E-state index contributed by atoms with van der Waals surface area (Å²) in [6.07, 6.45) is 0. The van der Waals surface area contributed by atoms with Crippen molar-refractivity contribution in [1.82, 2.24) is 14.3 Å². The van der Waals surface area contributed by atoms with Gasteiger partial charge in [0.1, 0.15) is 10.6 Å². The van der Waals surface area contributed by atoms with E-state index in [2.05, 4.69) is 4.72 Å². The van der Waals surface area contributed by atoms with E-state index in [1.54, 1.807) is 11.6 Å². The van der Waals surface area contributed by atoms with Gasteiger partial charge in [-0.3, -0.25) is 9.36 Å². The summed E-state index contributed by atoms with van der Waals surface area (Å²) in [6, 6.07) is 3.71. The molecule has 2 aromatic rings. The summed E-state index contributed by atoms with van der Waals surface area (Å²) in [7, 11) is 1.76. The Labute approximate surface area is 157 Å². The highest BCUT2D eigenvalue weighted by molar-refractivity contribution is 7.90. The van der Waals surface area contributed by atoms with Crippen LogP contribution in [0.3, 0.4) is 0 Å². The number of rotatable bonds is 4. The monoisotopic (exact) mass is 377 g/mol. The molecule has 2 atom stereocenters. The molecule has 1 N–H and O–H groups in total. The Kier molecular flexibility index (Phi) is 5.18. The average molecular weight is 378 g/mol. The first kappa shape index (κ1) is 19.4. The fraction of sp³-hybridized carbons (Fsp3) is 0.579. The third kappa shape index (κ3) is 3.53. The lowest BCUT2D eigenvalue weighted by atomic mass is 10.0. The zero-order chi connectivity index (χ0) is 19.2. The topological polar surface area (TPSA) is 79.2 Å². The number of benzene rings is 1. The molecule has 1 saturated heterocycles. The number of aromatic nitrogens is 2. The second kappa shape index (κ2) is 6.96. The molecular weight excluding hydrogens is 350 g/mol. The van der Waals surface area contributed by atoms with E-state index >= 15 is 0 Å². The van der Waals surface area contributed by atoms with Crippen LogP contribution in [0, 0.1) is 6.92 Å². The molecule has 2 heterocycles. The summed E-state index contributed by atoms with van der Waals surface area (Å²) in [5, 5.41) is 0.599. The molecule has 1 aromatic heterocycles. The Morgan fingerprint density at radius 3 is 2.58 bits per heavy atom. The third-order valence-corrected chi connectivity index (χ3v) is 6.38. The number of aryl methyl sites for hydroxylation is 1. The minimum Gasteiger partial charge on any atom is -0.598 e. The van der Waals surface area contributed by atoms with Gasteiger partial charge in [0.25, 0.3) is 5.56 Å². The van der Waals surface area contributed by atoms with Crippen molar-refractivity contribution >= 4 is 22.3 Å². The molecule has 0 radical (unpaired) electrons. The molecule has 1 aromatic carbocycles. The quantitative estimate of drug-likeness (QED) is 0.828. The highest BCUT2D eigenvalue weighted by Gasteiger charge is 2.30. The second-order valence-corrected chi connectivity index (χ2v) is 10.0. The van der Waals surface area contributed by atoms with Gasteiger partial charge in [-0.2, -0.15) is 0 Å². The zero-order valence-electron chi connectivity index (χ0n) is 16.3. The van der Waals surface area contributed by atoms with Gasteiger partial charge in [-0.15, -0.1) is 4.72 Å². The lowest BCUT2D eigenvalue weighted by Gasteiger charge is -2.28. The van der Waals surface area contributed by atoms with E-state index in [1.807, 2.05) is 46.8 Å². The summed E-state index contributed by atoms with van der Waals surface area (Å²) < 4.78 is 22.2. The average Bonchev–Trinajstić information content (AvgIpc) is 2.49. The fourth-order valence-electron chi connectivity index (χ4n) is 3.05. The Balaban J connectivity index is 2.12. The minimum absolute atomic E-state index is 0.0500. The van der Waals surface area contributed by atoms with Crippen LogP contribution in [0.1, 0.15) is 56.6 Å². The number of ether oxygens (including phenoxy) is 1. The van der Waals surface area contributed by atoms with Gasteiger partial charge in [-0.05, 0) is 46.2 Å². The molecule has 1 aliphatic rings. The van der Waals surface area contributed by atoms with Crippen LogP contribution in [-0.4, -0.2) is 32.1 Å². The Hall–Kier alpha value is -1.41. The first-order chi connectivity index (χ1) is 12.1. The van der Waals surface area contributed by atoms with Crippen LogP contribution in [0.15, 0.2) is 16.9 Å². The van der Waals surface area contributed by atoms with Crippen LogP contribution in [0.25, 0.3) is 10.9 Å². The molecule has 1 aliphatic heterocycles. The molecule has 0 bridgehead atoms. The second-order valence-electron chi connectivity index (χ2n) is 8.04. The maximum Gasteiger partial charge on any atom is 0.261 e. The van der Waals surface area contributed by atoms with Crippen LogP contribution in [0.4, 0.5) is 0 Å². The zero-order valence-corrected chi connectivity index (χ0v) is 17.1. The summed E-state index contributed by atoms with van der Waals surface area (Å²) in [5.41, 5.74) is 2.52. The van der Waals surface area contributed by atoms with Crippen molar-refractivity contribution in [1.29, 1.82) is 0 Å². The van der Waals surface area contributed by atoms with E-state index < -0.39 is 11.4 Å². The molecule has 26 heavy (non-hydrogen) atoms. The molecule has 0 amide bonds. The first-order valence-electron chi connectivity index (χ1n) is 8.86. The first-order valence-corrected chi connectivity index (χ1v) is 10.0. The van der Waals surface area contributed by atoms with Crippen LogP contribution < -0.4 is 10.3 Å². The summed E-state index contributed by atoms with van der Waals surface area (Å²) in [6.45, 7) is 10.9. The highest BCUT2D eigenvalue weighted by Crippen LogP contribution is 2.28. The number of hydrogen-bond acceptors (Lipinski definition) is 5. The van der Waals surface area contributed by atoms with Gasteiger partial charge in [0.05, 0.1) is 36.1 Å². The van der Waals surface area contributed by atoms with Crippen LogP contribution in [-0.2, 0) is 23.1 Å². The molecule has 142 valence electrons. The van der Waals surface area contributed by atoms with Crippen molar-refractivity contribution in [2.45, 2.75) is 51.3 Å². The molecular formula is C19H27N3O3S. The number of nitrogens with zero attached hydrogens (tertiary/aromatic N) is 2. The van der Waals surface area contributed by atoms with Crippen LogP contribution >= 0.6 is 0 Å². The van der Waals surface area contributed by atoms with Crippen molar-refractivity contribution in [3.63, 3.8) is 0 Å². The maximum atomic E-state index is 12.9. The minimum atomic E-state index is -1.21. The van der Waals surface area contributed by atoms with Crippen molar-refractivity contribution < 1.29 is 9.29 Å². The van der Waals surface area contributed by atoms with Crippen LogP contribution in [0.2, 0.25) is 0 Å². The van der Waals surface area contributed by atoms with E-state index in [4.69, 9.17) is 9.72 Å². The summed E-state index contributed by atoms with van der Waals surface area (Å²) >= 11 is -1.21. The normalized spacial score (nSPS) is 18.0. The maximum absolute atomic E-state index is 12.9. The van der Waals surface area contributed by atoms with Crippen molar-refractivity contribution in [2.75, 3.05) is 13.2 Å². The summed E-state index contributed by atoms with van der Waals surface area (Å²) in [5.74, 6) is 0.904. The Morgan fingerprint density at radius 2 is 2.04 bits per heavy atom. The van der Waals surface area contributed by atoms with Crippen molar-refractivity contribution in [3.8, 4) is 0 Å².